The van der Waals surface area contributed by atoms with Gasteiger partial charge in [-0.3, -0.25) is 4.98 Å². The third kappa shape index (κ3) is 1.91. The van der Waals surface area contributed by atoms with E-state index in [1.165, 1.54) is 20.9 Å². The molecule has 4 nitrogen and oxygen atoms in total. The number of benzene rings is 1. The van der Waals surface area contributed by atoms with E-state index in [4.69, 9.17) is 0 Å². The van der Waals surface area contributed by atoms with Gasteiger partial charge in [-0.15, -0.1) is 0 Å². The van der Waals surface area contributed by atoms with Crippen LogP contribution in [-0.4, -0.2) is 39.6 Å². The van der Waals surface area contributed by atoms with Crippen molar-refractivity contribution in [3.05, 3.63) is 34.3 Å². The van der Waals surface area contributed by atoms with Crippen molar-refractivity contribution in [1.29, 1.82) is 0 Å². The first kappa shape index (κ1) is 12.5. The number of likely N-dealkylation sites (tertiary alicyclic amines) is 1. The minimum Gasteiger partial charge on any atom is -0.326 e. The topological polar surface area (TPSA) is 34.0 Å². The predicted molar refractivity (Wildman–Crippen MR) is 88.9 cm³/mol. The minimum atomic E-state index is 0.522. The molecule has 102 valence electrons. The molecular weight excluding hydrogens is 363 g/mol. The Kier molecular flexibility index (Phi) is 2.92. The number of hydrogen-bond donors (Lipinski definition) is 0. The van der Waals surface area contributed by atoms with Gasteiger partial charge in [-0.05, 0) is 60.8 Å². The van der Waals surface area contributed by atoms with E-state index in [0.717, 1.165) is 24.1 Å². The molecule has 0 N–H and O–H groups in total. The highest BCUT2D eigenvalue weighted by atomic mass is 127. The lowest BCUT2D eigenvalue weighted by molar-refractivity contribution is 0.395. The lowest BCUT2D eigenvalue weighted by atomic mass is 10.1. The predicted octanol–water partition coefficient (Wildman–Crippen LogP) is 3.07. The van der Waals surface area contributed by atoms with Crippen LogP contribution in [0.4, 0.5) is 0 Å². The van der Waals surface area contributed by atoms with E-state index < -0.39 is 0 Å². The molecule has 5 heteroatoms. The van der Waals surface area contributed by atoms with Gasteiger partial charge in [0.05, 0.1) is 23.6 Å². The van der Waals surface area contributed by atoms with Crippen molar-refractivity contribution in [2.75, 3.05) is 20.1 Å². The fourth-order valence-electron chi connectivity index (χ4n) is 3.10. The number of likely N-dealkylation sites (N-methyl/N-ethyl adjacent to an activating group) is 1. The van der Waals surface area contributed by atoms with E-state index in [1.807, 2.05) is 12.5 Å². The van der Waals surface area contributed by atoms with E-state index in [-0.39, 0.29) is 0 Å². The molecule has 20 heavy (non-hydrogen) atoms. The van der Waals surface area contributed by atoms with Crippen molar-refractivity contribution >= 4 is 44.5 Å². The maximum atomic E-state index is 4.55. The highest BCUT2D eigenvalue weighted by Crippen LogP contribution is 2.30. The van der Waals surface area contributed by atoms with Crippen LogP contribution >= 0.6 is 22.6 Å². The molecule has 1 aliphatic rings. The van der Waals surface area contributed by atoms with Gasteiger partial charge in [0, 0.05) is 21.5 Å². The zero-order valence-electron chi connectivity index (χ0n) is 11.3. The van der Waals surface area contributed by atoms with Crippen molar-refractivity contribution in [3.63, 3.8) is 0 Å². The fraction of sp³-hybridized carbons (Fsp3) is 0.333. The number of aromatic nitrogens is 3. The van der Waals surface area contributed by atoms with Crippen molar-refractivity contribution in [2.24, 2.45) is 0 Å². The van der Waals surface area contributed by atoms with E-state index in [1.54, 1.807) is 0 Å². The average molecular weight is 378 g/mol. The van der Waals surface area contributed by atoms with Crippen molar-refractivity contribution in [3.8, 4) is 0 Å². The Bertz CT molecular complexity index is 795. The van der Waals surface area contributed by atoms with Crippen LogP contribution in [0, 0.1) is 3.57 Å². The second kappa shape index (κ2) is 4.66. The second-order valence-corrected chi connectivity index (χ2v) is 6.76. The Balaban J connectivity index is 1.99. The molecule has 3 heterocycles. The van der Waals surface area contributed by atoms with Gasteiger partial charge in [0.1, 0.15) is 5.52 Å². The smallest absolute Gasteiger partial charge is 0.107 e. The van der Waals surface area contributed by atoms with E-state index in [9.17, 15) is 0 Å². The summed E-state index contributed by atoms with van der Waals surface area (Å²) >= 11 is 2.36. The van der Waals surface area contributed by atoms with Crippen LogP contribution in [-0.2, 0) is 0 Å². The maximum absolute atomic E-state index is 4.55. The van der Waals surface area contributed by atoms with Gasteiger partial charge in [0.15, 0.2) is 0 Å². The molecule has 1 fully saturated rings. The Morgan fingerprint density at radius 1 is 1.25 bits per heavy atom. The molecule has 0 saturated carbocycles. The van der Waals surface area contributed by atoms with Gasteiger partial charge >= 0.3 is 0 Å². The number of pyridine rings is 1. The summed E-state index contributed by atoms with van der Waals surface area (Å²) in [5, 5.41) is 1.21. The van der Waals surface area contributed by atoms with Gasteiger partial charge in [-0.25, -0.2) is 4.98 Å². The fourth-order valence-corrected chi connectivity index (χ4v) is 3.60. The molecule has 0 radical (unpaired) electrons. The van der Waals surface area contributed by atoms with E-state index >= 15 is 0 Å². The largest absolute Gasteiger partial charge is 0.326 e. The van der Waals surface area contributed by atoms with Crippen LogP contribution in [0.5, 0.6) is 0 Å². The monoisotopic (exact) mass is 378 g/mol. The summed E-state index contributed by atoms with van der Waals surface area (Å²) in [5.41, 5.74) is 3.27. The number of hydrogen-bond acceptors (Lipinski definition) is 3. The minimum absolute atomic E-state index is 0.522. The Morgan fingerprint density at radius 3 is 2.95 bits per heavy atom. The lowest BCUT2D eigenvalue weighted by Gasteiger charge is -2.14. The van der Waals surface area contributed by atoms with Crippen molar-refractivity contribution < 1.29 is 0 Å². The number of nitrogens with zero attached hydrogens (tertiary/aromatic N) is 4. The van der Waals surface area contributed by atoms with Crippen LogP contribution < -0.4 is 0 Å². The summed E-state index contributed by atoms with van der Waals surface area (Å²) in [6.07, 6.45) is 5.06. The molecule has 0 spiro atoms. The molecule has 1 aromatic carbocycles. The van der Waals surface area contributed by atoms with Crippen LogP contribution in [0.25, 0.3) is 21.9 Å². The van der Waals surface area contributed by atoms with Crippen LogP contribution in [0.15, 0.2) is 30.7 Å². The SMILES string of the molecule is CN1CC[C@@H](n2cnc3cnc4ccc(I)cc4c32)C1. The third-order valence-corrected chi connectivity index (χ3v) is 4.79. The molecule has 3 aromatic rings. The Hall–Kier alpha value is -1.21. The Labute approximate surface area is 130 Å². The van der Waals surface area contributed by atoms with Gasteiger partial charge < -0.3 is 9.47 Å². The highest BCUT2D eigenvalue weighted by molar-refractivity contribution is 14.1. The molecule has 1 saturated heterocycles. The van der Waals surface area contributed by atoms with Crippen molar-refractivity contribution in [2.45, 2.75) is 12.5 Å². The highest BCUT2D eigenvalue weighted by Gasteiger charge is 2.23. The van der Waals surface area contributed by atoms with Gasteiger partial charge in [-0.1, -0.05) is 0 Å². The van der Waals surface area contributed by atoms with Gasteiger partial charge in [0.2, 0.25) is 0 Å². The molecule has 0 unspecified atom stereocenters. The quantitative estimate of drug-likeness (QED) is 0.611. The zero-order chi connectivity index (χ0) is 13.7. The van der Waals surface area contributed by atoms with E-state index in [2.05, 4.69) is 67.3 Å². The number of fused-ring (bicyclic) bond motifs is 3. The molecule has 0 amide bonds. The average Bonchev–Trinajstić information content (AvgIpc) is 3.04. The number of halogens is 1. The zero-order valence-corrected chi connectivity index (χ0v) is 13.4. The standard InChI is InChI=1S/C15H15IN4/c1-19-5-4-11(8-19)20-9-18-14-7-17-13-3-2-10(16)6-12(13)15(14)20/h2-3,6-7,9,11H,4-5,8H2,1H3/t11-/m1/s1. The normalized spacial score (nSPS) is 20.2. The molecule has 0 bridgehead atoms. The van der Waals surface area contributed by atoms with Crippen LogP contribution in [0.1, 0.15) is 12.5 Å². The van der Waals surface area contributed by atoms with Crippen LogP contribution in [0.3, 0.4) is 0 Å². The van der Waals surface area contributed by atoms with Gasteiger partial charge in [-0.2, -0.15) is 0 Å². The lowest BCUT2D eigenvalue weighted by Crippen LogP contribution is -2.16. The first-order valence-corrected chi connectivity index (χ1v) is 7.89. The first-order chi connectivity index (χ1) is 9.72. The molecule has 1 atom stereocenters. The summed E-state index contributed by atoms with van der Waals surface area (Å²) in [7, 11) is 2.18. The number of rotatable bonds is 1. The van der Waals surface area contributed by atoms with E-state index in [0.29, 0.717) is 6.04 Å². The molecule has 1 aliphatic heterocycles. The Morgan fingerprint density at radius 2 is 2.15 bits per heavy atom. The molecule has 0 aliphatic carbocycles. The van der Waals surface area contributed by atoms with Gasteiger partial charge in [0.25, 0.3) is 0 Å². The number of imidazole rings is 1. The first-order valence-electron chi connectivity index (χ1n) is 6.82. The van der Waals surface area contributed by atoms with Crippen molar-refractivity contribution in [1.82, 2.24) is 19.4 Å². The third-order valence-electron chi connectivity index (χ3n) is 4.12. The summed E-state index contributed by atoms with van der Waals surface area (Å²) in [6, 6.07) is 6.93. The molecule has 4 rings (SSSR count). The summed E-state index contributed by atoms with van der Waals surface area (Å²) < 4.78 is 3.58. The summed E-state index contributed by atoms with van der Waals surface area (Å²) in [5.74, 6) is 0. The summed E-state index contributed by atoms with van der Waals surface area (Å²) in [4.78, 5) is 11.4. The molecular formula is C15H15IN4. The molecule has 2 aromatic heterocycles. The maximum Gasteiger partial charge on any atom is 0.107 e. The van der Waals surface area contributed by atoms with Crippen LogP contribution in [0.2, 0.25) is 0 Å². The summed E-state index contributed by atoms with van der Waals surface area (Å²) in [6.45, 7) is 2.25. The second-order valence-electron chi connectivity index (χ2n) is 5.51.